The summed E-state index contributed by atoms with van der Waals surface area (Å²) in [6, 6.07) is 8.95. The number of carbonyl (C=O) groups excluding carboxylic acids is 2. The number of methoxy groups -OCH3 is 1. The highest BCUT2D eigenvalue weighted by Crippen LogP contribution is 2.18. The van der Waals surface area contributed by atoms with E-state index in [1.807, 2.05) is 18.2 Å². The van der Waals surface area contributed by atoms with Crippen LogP contribution in [-0.2, 0) is 16.0 Å². The molecule has 1 N–H and O–H groups in total. The van der Waals surface area contributed by atoms with Crippen molar-refractivity contribution in [2.75, 3.05) is 12.4 Å². The molecule has 0 unspecified atom stereocenters. The molecular weight excluding hydrogens is 302 g/mol. The topological polar surface area (TPSA) is 81.2 Å². The van der Waals surface area contributed by atoms with Crippen molar-refractivity contribution in [3.05, 3.63) is 40.9 Å². The number of anilines is 1. The molecule has 116 valence electrons. The molecule has 0 aliphatic rings. The summed E-state index contributed by atoms with van der Waals surface area (Å²) in [5.41, 5.74) is 0.581. The summed E-state index contributed by atoms with van der Waals surface area (Å²) < 4.78 is 4.58. The van der Waals surface area contributed by atoms with E-state index in [9.17, 15) is 9.59 Å². The normalized spacial score (nSPS) is 10.2. The van der Waals surface area contributed by atoms with Gasteiger partial charge in [0.2, 0.25) is 5.13 Å². The molecule has 0 bridgehead atoms. The molecule has 1 amide bonds. The monoisotopic (exact) mass is 319 g/mol. The number of nitrogens with one attached hydrogen (secondary N) is 1. The first-order chi connectivity index (χ1) is 10.7. The number of hydrogen-bond donors (Lipinski definition) is 1. The maximum atomic E-state index is 12.0. The Morgan fingerprint density at radius 2 is 1.95 bits per heavy atom. The van der Waals surface area contributed by atoms with E-state index in [1.165, 1.54) is 18.4 Å². The highest BCUT2D eigenvalue weighted by Gasteiger charge is 2.10. The van der Waals surface area contributed by atoms with Crippen molar-refractivity contribution in [2.45, 2.75) is 25.7 Å². The van der Waals surface area contributed by atoms with E-state index in [0.717, 1.165) is 24.3 Å². The van der Waals surface area contributed by atoms with E-state index in [0.29, 0.717) is 17.1 Å². The highest BCUT2D eigenvalue weighted by molar-refractivity contribution is 7.15. The third-order valence-corrected chi connectivity index (χ3v) is 3.87. The molecule has 0 spiro atoms. The fourth-order valence-corrected chi connectivity index (χ4v) is 2.59. The second-order valence-corrected chi connectivity index (χ2v) is 5.67. The number of ether oxygens (including phenoxy) is 1. The van der Waals surface area contributed by atoms with Gasteiger partial charge < -0.3 is 4.74 Å². The van der Waals surface area contributed by atoms with Crippen molar-refractivity contribution >= 4 is 28.3 Å². The van der Waals surface area contributed by atoms with Crippen molar-refractivity contribution in [1.29, 1.82) is 0 Å². The van der Waals surface area contributed by atoms with Crippen LogP contribution in [0.4, 0.5) is 5.13 Å². The third kappa shape index (κ3) is 4.92. The first-order valence-electron chi connectivity index (χ1n) is 6.94. The Kier molecular flexibility index (Phi) is 6.02. The molecule has 0 atom stereocenters. The Morgan fingerprint density at radius 1 is 1.18 bits per heavy atom. The Morgan fingerprint density at radius 3 is 2.68 bits per heavy atom. The summed E-state index contributed by atoms with van der Waals surface area (Å²) in [5, 5.41) is 12.0. The minimum atomic E-state index is -0.201. The maximum absolute atomic E-state index is 12.0. The van der Waals surface area contributed by atoms with E-state index in [1.54, 1.807) is 12.1 Å². The fourth-order valence-electron chi connectivity index (χ4n) is 1.81. The SMILES string of the molecule is COC(=O)CCCCc1nnc(NC(=O)c2ccccc2)s1. The predicted octanol–water partition coefficient (Wildman–Crippen LogP) is 2.68. The van der Waals surface area contributed by atoms with Gasteiger partial charge in [-0.05, 0) is 25.0 Å². The molecule has 1 aromatic heterocycles. The molecule has 7 heteroatoms. The van der Waals surface area contributed by atoms with Gasteiger partial charge in [-0.15, -0.1) is 10.2 Å². The molecule has 2 aromatic rings. The number of esters is 1. The predicted molar refractivity (Wildman–Crippen MR) is 83.9 cm³/mol. The van der Waals surface area contributed by atoms with Crippen LogP contribution in [0.15, 0.2) is 30.3 Å². The largest absolute Gasteiger partial charge is 0.469 e. The van der Waals surface area contributed by atoms with Crippen LogP contribution in [0.2, 0.25) is 0 Å². The number of carbonyl (C=O) groups is 2. The number of benzene rings is 1. The Labute approximate surface area is 132 Å². The summed E-state index contributed by atoms with van der Waals surface area (Å²) in [7, 11) is 1.38. The zero-order chi connectivity index (χ0) is 15.8. The smallest absolute Gasteiger partial charge is 0.305 e. The van der Waals surface area contributed by atoms with Crippen LogP contribution in [0.5, 0.6) is 0 Å². The molecule has 6 nitrogen and oxygen atoms in total. The van der Waals surface area contributed by atoms with Gasteiger partial charge in [-0.1, -0.05) is 29.5 Å². The van der Waals surface area contributed by atoms with Gasteiger partial charge in [-0.3, -0.25) is 14.9 Å². The van der Waals surface area contributed by atoms with Gasteiger partial charge in [0, 0.05) is 18.4 Å². The first kappa shape index (κ1) is 16.1. The summed E-state index contributed by atoms with van der Waals surface area (Å²) >= 11 is 1.35. The van der Waals surface area contributed by atoms with Crippen LogP contribution in [0.1, 0.15) is 34.6 Å². The molecule has 0 fully saturated rings. The minimum absolute atomic E-state index is 0.200. The zero-order valence-electron chi connectivity index (χ0n) is 12.2. The van der Waals surface area contributed by atoms with E-state index >= 15 is 0 Å². The quantitative estimate of drug-likeness (QED) is 0.627. The van der Waals surface area contributed by atoms with Gasteiger partial charge in [-0.25, -0.2) is 0 Å². The lowest BCUT2D eigenvalue weighted by molar-refractivity contribution is -0.140. The van der Waals surface area contributed by atoms with E-state index < -0.39 is 0 Å². The van der Waals surface area contributed by atoms with E-state index in [-0.39, 0.29) is 11.9 Å². The zero-order valence-corrected chi connectivity index (χ0v) is 13.1. The lowest BCUT2D eigenvalue weighted by atomic mass is 10.2. The number of nitrogens with zero attached hydrogens (tertiary/aromatic N) is 2. The standard InChI is InChI=1S/C15H17N3O3S/c1-21-13(19)10-6-5-9-12-17-18-15(22-12)16-14(20)11-7-3-2-4-8-11/h2-4,7-8H,5-6,9-10H2,1H3,(H,16,18,20). The number of rotatable bonds is 7. The van der Waals surface area contributed by atoms with Gasteiger partial charge in [0.15, 0.2) is 0 Å². The minimum Gasteiger partial charge on any atom is -0.469 e. The second kappa shape index (κ2) is 8.23. The summed E-state index contributed by atoms with van der Waals surface area (Å²) in [6.07, 6.45) is 2.72. The molecule has 0 saturated heterocycles. The van der Waals surface area contributed by atoms with Gasteiger partial charge in [-0.2, -0.15) is 0 Å². The van der Waals surface area contributed by atoms with E-state index in [2.05, 4.69) is 20.3 Å². The number of aryl methyl sites for hydroxylation is 1. The fraction of sp³-hybridized carbons (Fsp3) is 0.333. The molecule has 0 radical (unpaired) electrons. The Bertz CT molecular complexity index is 628. The average molecular weight is 319 g/mol. The molecule has 22 heavy (non-hydrogen) atoms. The van der Waals surface area contributed by atoms with E-state index in [4.69, 9.17) is 0 Å². The summed E-state index contributed by atoms with van der Waals surface area (Å²) in [6.45, 7) is 0. The van der Waals surface area contributed by atoms with Crippen molar-refractivity contribution in [2.24, 2.45) is 0 Å². The van der Waals surface area contributed by atoms with Crippen molar-refractivity contribution < 1.29 is 14.3 Å². The van der Waals surface area contributed by atoms with Gasteiger partial charge in [0.1, 0.15) is 5.01 Å². The molecule has 1 heterocycles. The van der Waals surface area contributed by atoms with Crippen LogP contribution in [0, 0.1) is 0 Å². The van der Waals surface area contributed by atoms with Crippen molar-refractivity contribution in [1.82, 2.24) is 10.2 Å². The lowest BCUT2D eigenvalue weighted by Crippen LogP contribution is -2.11. The third-order valence-electron chi connectivity index (χ3n) is 2.97. The molecule has 0 saturated carbocycles. The van der Waals surface area contributed by atoms with Crippen LogP contribution >= 0.6 is 11.3 Å². The number of aromatic nitrogens is 2. The molecule has 2 rings (SSSR count). The first-order valence-corrected chi connectivity index (χ1v) is 7.76. The van der Waals surface area contributed by atoms with Crippen LogP contribution in [0.25, 0.3) is 0 Å². The van der Waals surface area contributed by atoms with Crippen molar-refractivity contribution in [3.8, 4) is 0 Å². The molecule has 0 aliphatic carbocycles. The van der Waals surface area contributed by atoms with Crippen LogP contribution in [-0.4, -0.2) is 29.2 Å². The average Bonchev–Trinajstić information content (AvgIpc) is 2.99. The second-order valence-electron chi connectivity index (χ2n) is 4.60. The number of amides is 1. The lowest BCUT2D eigenvalue weighted by Gasteiger charge is -1.99. The number of unbranched alkanes of at least 4 members (excludes halogenated alkanes) is 1. The summed E-state index contributed by atoms with van der Waals surface area (Å²) in [5.74, 6) is -0.401. The number of hydrogen-bond acceptors (Lipinski definition) is 6. The van der Waals surface area contributed by atoms with Gasteiger partial charge >= 0.3 is 5.97 Å². The molecule has 1 aromatic carbocycles. The maximum Gasteiger partial charge on any atom is 0.305 e. The van der Waals surface area contributed by atoms with Gasteiger partial charge in [0.25, 0.3) is 5.91 Å². The van der Waals surface area contributed by atoms with Crippen molar-refractivity contribution in [3.63, 3.8) is 0 Å². The molecular formula is C15H17N3O3S. The van der Waals surface area contributed by atoms with Crippen LogP contribution in [0.3, 0.4) is 0 Å². The van der Waals surface area contributed by atoms with Gasteiger partial charge in [0.05, 0.1) is 7.11 Å². The summed E-state index contributed by atoms with van der Waals surface area (Å²) in [4.78, 5) is 23.0. The van der Waals surface area contributed by atoms with Crippen LogP contribution < -0.4 is 5.32 Å². The Balaban J connectivity index is 1.79. The highest BCUT2D eigenvalue weighted by atomic mass is 32.1. The Hall–Kier alpha value is -2.28. The molecule has 0 aliphatic heterocycles.